The molecule has 0 spiro atoms. The fraction of sp³-hybridized carbons (Fsp3) is 0.417. The Balaban J connectivity index is 2.76. The Labute approximate surface area is 132 Å². The highest BCUT2D eigenvalue weighted by Crippen LogP contribution is 2.31. The van der Waals surface area contributed by atoms with E-state index in [0.29, 0.717) is 11.3 Å². The zero-order valence-corrected chi connectivity index (χ0v) is 14.7. The fourth-order valence-corrected chi connectivity index (χ4v) is 3.17. The van der Waals surface area contributed by atoms with Gasteiger partial charge in [0.25, 0.3) is 10.0 Å². The number of sulfonamides is 1. The van der Waals surface area contributed by atoms with Crippen molar-refractivity contribution < 1.29 is 8.42 Å². The molecule has 0 radical (unpaired) electrons. The van der Waals surface area contributed by atoms with Crippen LogP contribution in [0, 0.1) is 0 Å². The molecule has 2 N–H and O–H groups in total. The van der Waals surface area contributed by atoms with E-state index in [1.54, 1.807) is 29.1 Å². The van der Waals surface area contributed by atoms with Crippen molar-refractivity contribution in [1.29, 1.82) is 0 Å². The summed E-state index contributed by atoms with van der Waals surface area (Å²) in [7, 11) is -1.78. The number of anilines is 1. The van der Waals surface area contributed by atoms with E-state index < -0.39 is 10.0 Å². The van der Waals surface area contributed by atoms with Gasteiger partial charge in [-0.25, -0.2) is 13.4 Å². The Kier molecular flexibility index (Phi) is 4.00. The number of hydrogen-bond donors (Lipinski definition) is 2. The molecule has 2 rings (SSSR count). The van der Waals surface area contributed by atoms with Gasteiger partial charge in [0.1, 0.15) is 5.65 Å². The summed E-state index contributed by atoms with van der Waals surface area (Å²) in [5.74, 6) is 0. The van der Waals surface area contributed by atoms with Gasteiger partial charge in [-0.3, -0.25) is 0 Å². The first-order valence-electron chi connectivity index (χ1n) is 6.01. The van der Waals surface area contributed by atoms with Gasteiger partial charge in [-0.2, -0.15) is 0 Å². The number of aromatic nitrogens is 2. The van der Waals surface area contributed by atoms with Crippen molar-refractivity contribution in [3.8, 4) is 0 Å². The molecule has 110 valence electrons. The Morgan fingerprint density at radius 3 is 2.60 bits per heavy atom. The Hall–Kier alpha value is -0.870. The molecular weight excluding hydrogens is 391 g/mol. The van der Waals surface area contributed by atoms with Gasteiger partial charge in [0.05, 0.1) is 5.69 Å². The summed E-state index contributed by atoms with van der Waals surface area (Å²) in [6, 6.07) is 3.71. The number of hydrogen-bond acceptors (Lipinski definition) is 4. The SMILES string of the molecule is CN(c1cc2cc[nH]c2nc1S(=O)(=O)NI)C(C)(C)C. The number of rotatable bonds is 3. The van der Waals surface area contributed by atoms with Crippen molar-refractivity contribution in [1.82, 2.24) is 12.9 Å². The topological polar surface area (TPSA) is 78.1 Å². The summed E-state index contributed by atoms with van der Waals surface area (Å²) in [4.78, 5) is 9.11. The smallest absolute Gasteiger partial charge is 0.268 e. The predicted molar refractivity (Wildman–Crippen MR) is 88.6 cm³/mol. The van der Waals surface area contributed by atoms with Gasteiger partial charge in [0.15, 0.2) is 5.03 Å². The second-order valence-corrected chi connectivity index (χ2v) is 8.41. The lowest BCUT2D eigenvalue weighted by atomic mass is 10.1. The van der Waals surface area contributed by atoms with Crippen LogP contribution < -0.4 is 7.84 Å². The third-order valence-electron chi connectivity index (χ3n) is 3.20. The molecule has 8 heteroatoms. The first-order valence-corrected chi connectivity index (χ1v) is 8.57. The number of fused-ring (bicyclic) bond motifs is 1. The van der Waals surface area contributed by atoms with E-state index in [4.69, 9.17) is 0 Å². The van der Waals surface area contributed by atoms with Crippen LogP contribution in [0.1, 0.15) is 20.8 Å². The highest BCUT2D eigenvalue weighted by molar-refractivity contribution is 14.1. The lowest BCUT2D eigenvalue weighted by Gasteiger charge is -2.34. The normalized spacial score (nSPS) is 12.8. The minimum absolute atomic E-state index is 0.0271. The van der Waals surface area contributed by atoms with Crippen molar-refractivity contribution in [3.63, 3.8) is 0 Å². The lowest BCUT2D eigenvalue weighted by Crippen LogP contribution is -2.39. The average molecular weight is 408 g/mol. The van der Waals surface area contributed by atoms with Crippen LogP contribution in [-0.4, -0.2) is 31.0 Å². The predicted octanol–water partition coefficient (Wildman–Crippen LogP) is 2.43. The molecule has 0 bridgehead atoms. The standard InChI is InChI=1S/C12H17IN4O2S/c1-12(2,3)17(4)9-7-8-5-6-14-10(8)15-11(9)20(18,19)16-13/h5-7,16H,1-4H3,(H,14,15). The molecule has 0 aliphatic rings. The summed E-state index contributed by atoms with van der Waals surface area (Å²) in [5, 5.41) is 0.905. The van der Waals surface area contributed by atoms with Gasteiger partial charge >= 0.3 is 0 Å². The van der Waals surface area contributed by atoms with Gasteiger partial charge in [-0.1, -0.05) is 0 Å². The Morgan fingerprint density at radius 2 is 2.05 bits per heavy atom. The number of nitrogens with one attached hydrogen (secondary N) is 2. The summed E-state index contributed by atoms with van der Waals surface area (Å²) in [6.45, 7) is 6.05. The van der Waals surface area contributed by atoms with Crippen molar-refractivity contribution in [2.24, 2.45) is 0 Å². The molecule has 0 amide bonds. The first kappa shape index (κ1) is 15.5. The van der Waals surface area contributed by atoms with Gasteiger partial charge < -0.3 is 9.88 Å². The van der Waals surface area contributed by atoms with Crippen LogP contribution in [0.3, 0.4) is 0 Å². The summed E-state index contributed by atoms with van der Waals surface area (Å²) in [6.07, 6.45) is 1.74. The van der Waals surface area contributed by atoms with Crippen molar-refractivity contribution >= 4 is 49.6 Å². The van der Waals surface area contributed by atoms with Crippen molar-refractivity contribution in [3.05, 3.63) is 18.3 Å². The molecule has 0 saturated heterocycles. The Bertz CT molecular complexity index is 733. The second kappa shape index (κ2) is 5.15. The molecule has 0 atom stereocenters. The largest absolute Gasteiger partial charge is 0.367 e. The monoisotopic (exact) mass is 408 g/mol. The third-order valence-corrected chi connectivity index (χ3v) is 5.96. The minimum Gasteiger partial charge on any atom is -0.367 e. The second-order valence-electron chi connectivity index (χ2n) is 5.54. The van der Waals surface area contributed by atoms with Gasteiger partial charge in [-0.15, -0.1) is 2.94 Å². The molecule has 0 unspecified atom stereocenters. The van der Waals surface area contributed by atoms with E-state index in [-0.39, 0.29) is 10.6 Å². The number of aromatic amines is 1. The molecule has 2 aromatic heterocycles. The lowest BCUT2D eigenvalue weighted by molar-refractivity contribution is 0.532. The van der Waals surface area contributed by atoms with Crippen molar-refractivity contribution in [2.45, 2.75) is 31.3 Å². The molecule has 6 nitrogen and oxygen atoms in total. The van der Waals surface area contributed by atoms with Crippen molar-refractivity contribution in [2.75, 3.05) is 11.9 Å². The van der Waals surface area contributed by atoms with Crippen LogP contribution in [-0.2, 0) is 10.0 Å². The van der Waals surface area contributed by atoms with Crippen LogP contribution in [0.25, 0.3) is 11.0 Å². The van der Waals surface area contributed by atoms with E-state index in [2.05, 4.69) is 12.9 Å². The molecular formula is C12H17IN4O2S. The van der Waals surface area contributed by atoms with E-state index in [0.717, 1.165) is 5.39 Å². The zero-order valence-electron chi connectivity index (χ0n) is 11.7. The molecule has 0 saturated carbocycles. The number of pyridine rings is 1. The van der Waals surface area contributed by atoms with Crippen LogP contribution >= 0.6 is 22.9 Å². The van der Waals surface area contributed by atoms with Crippen LogP contribution in [0.5, 0.6) is 0 Å². The first-order chi connectivity index (χ1) is 9.16. The average Bonchev–Trinajstić information content (AvgIpc) is 2.82. The quantitative estimate of drug-likeness (QED) is 0.604. The molecule has 2 heterocycles. The van der Waals surface area contributed by atoms with Gasteiger partial charge in [0, 0.05) is 47.0 Å². The summed E-state index contributed by atoms with van der Waals surface area (Å²) in [5.41, 5.74) is 0.913. The van der Waals surface area contributed by atoms with E-state index in [9.17, 15) is 8.42 Å². The highest BCUT2D eigenvalue weighted by atomic mass is 127. The number of nitrogens with zero attached hydrogens (tertiary/aromatic N) is 2. The summed E-state index contributed by atoms with van der Waals surface area (Å²) < 4.78 is 26.7. The molecule has 0 aliphatic carbocycles. The maximum Gasteiger partial charge on any atom is 0.268 e. The molecule has 0 aromatic carbocycles. The number of halogens is 1. The van der Waals surface area contributed by atoms with Crippen LogP contribution in [0.15, 0.2) is 23.4 Å². The van der Waals surface area contributed by atoms with E-state index in [1.807, 2.05) is 44.9 Å². The third kappa shape index (κ3) is 2.77. The van der Waals surface area contributed by atoms with E-state index >= 15 is 0 Å². The maximum atomic E-state index is 12.2. The zero-order chi connectivity index (χ0) is 15.1. The summed E-state index contributed by atoms with van der Waals surface area (Å²) >= 11 is 1.61. The Morgan fingerprint density at radius 1 is 1.40 bits per heavy atom. The number of H-pyrrole nitrogens is 1. The van der Waals surface area contributed by atoms with E-state index in [1.165, 1.54) is 0 Å². The van der Waals surface area contributed by atoms with Gasteiger partial charge in [-0.05, 0) is 32.9 Å². The maximum absolute atomic E-state index is 12.2. The molecule has 2 aromatic rings. The molecule has 0 fully saturated rings. The van der Waals surface area contributed by atoms with Crippen LogP contribution in [0.4, 0.5) is 5.69 Å². The fourth-order valence-electron chi connectivity index (χ4n) is 1.79. The molecule has 20 heavy (non-hydrogen) atoms. The molecule has 0 aliphatic heterocycles. The van der Waals surface area contributed by atoms with Gasteiger partial charge in [0.2, 0.25) is 0 Å². The minimum atomic E-state index is -3.64. The highest BCUT2D eigenvalue weighted by Gasteiger charge is 2.27. The van der Waals surface area contributed by atoms with Crippen LogP contribution in [0.2, 0.25) is 0 Å².